The van der Waals surface area contributed by atoms with Crippen molar-refractivity contribution in [3.05, 3.63) is 114 Å². The number of hydrogen-bond donors (Lipinski definition) is 0. The molecule has 1 heterocycles. The average Bonchev–Trinajstić information content (AvgIpc) is 3.64. The zero-order chi connectivity index (χ0) is 26.8. The summed E-state index contributed by atoms with van der Waals surface area (Å²) in [5.41, 5.74) is 2.09. The molecule has 4 aromatic rings. The molecule has 0 saturated heterocycles. The second-order valence-corrected chi connectivity index (χ2v) is 15.9. The third-order valence-electron chi connectivity index (χ3n) is 8.04. The summed E-state index contributed by atoms with van der Waals surface area (Å²) in [6.07, 6.45) is 2.83. The normalized spacial score (nSPS) is 19.2. The lowest BCUT2D eigenvalue weighted by Crippen LogP contribution is -2.66. The fourth-order valence-corrected chi connectivity index (χ4v) is 10.5. The molecule has 0 aliphatic heterocycles. The van der Waals surface area contributed by atoms with Crippen LogP contribution in [0.1, 0.15) is 44.3 Å². The molecule has 1 aliphatic carbocycles. The predicted octanol–water partition coefficient (Wildman–Crippen LogP) is 6.01. The van der Waals surface area contributed by atoms with Crippen LogP contribution in [0.3, 0.4) is 0 Å². The van der Waals surface area contributed by atoms with Gasteiger partial charge in [-0.2, -0.15) is 0 Å². The van der Waals surface area contributed by atoms with Crippen molar-refractivity contribution < 1.29 is 9.16 Å². The summed E-state index contributed by atoms with van der Waals surface area (Å²) in [6, 6.07) is 32.5. The summed E-state index contributed by atoms with van der Waals surface area (Å²) in [7, 11) is -2.60. The molecule has 3 aromatic carbocycles. The molecule has 1 fully saturated rings. The number of benzene rings is 3. The summed E-state index contributed by atoms with van der Waals surface area (Å²) < 4.78 is 13.7. The first kappa shape index (κ1) is 26.3. The lowest BCUT2D eigenvalue weighted by atomic mass is 9.94. The highest BCUT2D eigenvalue weighted by molar-refractivity contribution is 6.99. The van der Waals surface area contributed by atoms with E-state index >= 15 is 0 Å². The molecule has 38 heavy (non-hydrogen) atoms. The van der Waals surface area contributed by atoms with Crippen molar-refractivity contribution in [2.75, 3.05) is 13.2 Å². The average molecular weight is 523 g/mol. The molecule has 1 aliphatic rings. The van der Waals surface area contributed by atoms with Crippen LogP contribution in [0.2, 0.25) is 5.04 Å². The van der Waals surface area contributed by atoms with E-state index < -0.39 is 8.32 Å². The molecule has 0 radical (unpaired) electrons. The van der Waals surface area contributed by atoms with Crippen LogP contribution in [0.25, 0.3) is 0 Å². The Labute approximate surface area is 228 Å². The summed E-state index contributed by atoms with van der Waals surface area (Å²) in [6.45, 7) is 12.2. The van der Waals surface area contributed by atoms with E-state index in [1.54, 1.807) is 6.20 Å². The van der Waals surface area contributed by atoms with E-state index in [4.69, 9.17) is 9.16 Å². The summed E-state index contributed by atoms with van der Waals surface area (Å²) in [4.78, 5) is 8.85. The largest absolute Gasteiger partial charge is 0.489 e. The number of ether oxygens (including phenoxy) is 1. The number of aryl methyl sites for hydroxylation is 2. The van der Waals surface area contributed by atoms with Gasteiger partial charge in [0.1, 0.15) is 5.82 Å². The second kappa shape index (κ2) is 10.5. The Morgan fingerprint density at radius 3 is 1.92 bits per heavy atom. The van der Waals surface area contributed by atoms with E-state index in [1.807, 2.05) is 13.8 Å². The van der Waals surface area contributed by atoms with Crippen LogP contribution < -0.4 is 15.1 Å². The minimum atomic E-state index is -2.60. The standard InChI is InChI=1S/C33H38N2O2Si/c1-25-31(22-34-26(2)35-25)36-24-33(27-15-9-6-10-16-27)21-28(33)23-37-38(32(3,4)5,29-17-11-7-12-18-29)30-19-13-8-14-20-30/h6-20,22,28H,21,23-24H2,1-5H3. The molecule has 2 atom stereocenters. The summed E-state index contributed by atoms with van der Waals surface area (Å²) in [5, 5.41) is 2.58. The first-order valence-electron chi connectivity index (χ1n) is 13.5. The molecule has 1 aromatic heterocycles. The van der Waals surface area contributed by atoms with E-state index in [2.05, 4.69) is 122 Å². The maximum Gasteiger partial charge on any atom is 0.261 e. The van der Waals surface area contributed by atoms with Crippen LogP contribution in [-0.4, -0.2) is 31.5 Å². The summed E-state index contributed by atoms with van der Waals surface area (Å²) in [5.74, 6) is 1.87. The van der Waals surface area contributed by atoms with Crippen molar-refractivity contribution in [1.29, 1.82) is 0 Å². The minimum absolute atomic E-state index is 0.0488. The quantitative estimate of drug-likeness (QED) is 0.253. The molecule has 196 valence electrons. The van der Waals surface area contributed by atoms with Gasteiger partial charge in [-0.3, -0.25) is 0 Å². The van der Waals surface area contributed by atoms with Crippen LogP contribution in [0, 0.1) is 19.8 Å². The van der Waals surface area contributed by atoms with E-state index in [9.17, 15) is 0 Å². The molecule has 0 amide bonds. The van der Waals surface area contributed by atoms with Crippen LogP contribution in [-0.2, 0) is 9.84 Å². The lowest BCUT2D eigenvalue weighted by molar-refractivity contribution is 0.229. The Kier molecular flexibility index (Phi) is 7.25. The first-order valence-corrected chi connectivity index (χ1v) is 15.4. The van der Waals surface area contributed by atoms with Crippen molar-refractivity contribution >= 4 is 18.7 Å². The van der Waals surface area contributed by atoms with Gasteiger partial charge >= 0.3 is 0 Å². The van der Waals surface area contributed by atoms with Crippen LogP contribution in [0.4, 0.5) is 0 Å². The Morgan fingerprint density at radius 2 is 1.39 bits per heavy atom. The maximum atomic E-state index is 7.32. The summed E-state index contributed by atoms with van der Waals surface area (Å²) >= 11 is 0. The van der Waals surface area contributed by atoms with Gasteiger partial charge in [0.25, 0.3) is 8.32 Å². The second-order valence-electron chi connectivity index (χ2n) is 11.6. The fraction of sp³-hybridized carbons (Fsp3) is 0.333. The first-order chi connectivity index (χ1) is 18.3. The Bertz CT molecular complexity index is 1320. The molecule has 4 nitrogen and oxygen atoms in total. The van der Waals surface area contributed by atoms with Gasteiger partial charge < -0.3 is 9.16 Å². The van der Waals surface area contributed by atoms with E-state index in [-0.39, 0.29) is 10.5 Å². The van der Waals surface area contributed by atoms with Crippen molar-refractivity contribution in [3.63, 3.8) is 0 Å². The van der Waals surface area contributed by atoms with Crippen LogP contribution in [0.5, 0.6) is 5.75 Å². The third kappa shape index (κ3) is 4.93. The van der Waals surface area contributed by atoms with Crippen molar-refractivity contribution in [1.82, 2.24) is 9.97 Å². The van der Waals surface area contributed by atoms with Crippen LogP contribution in [0.15, 0.2) is 97.2 Å². The lowest BCUT2D eigenvalue weighted by Gasteiger charge is -2.43. The van der Waals surface area contributed by atoms with E-state index in [0.29, 0.717) is 19.1 Å². The van der Waals surface area contributed by atoms with Gasteiger partial charge in [0.2, 0.25) is 0 Å². The Morgan fingerprint density at radius 1 is 0.842 bits per heavy atom. The number of hydrogen-bond acceptors (Lipinski definition) is 4. The third-order valence-corrected chi connectivity index (χ3v) is 13.0. The molecule has 0 spiro atoms. The predicted molar refractivity (Wildman–Crippen MR) is 157 cm³/mol. The number of aromatic nitrogens is 2. The van der Waals surface area contributed by atoms with Crippen molar-refractivity contribution in [2.45, 2.75) is 51.5 Å². The van der Waals surface area contributed by atoms with Gasteiger partial charge in [0, 0.05) is 12.0 Å². The molecule has 0 N–H and O–H groups in total. The monoisotopic (exact) mass is 522 g/mol. The highest BCUT2D eigenvalue weighted by Crippen LogP contribution is 2.55. The van der Waals surface area contributed by atoms with Crippen molar-refractivity contribution in [3.8, 4) is 5.75 Å². The highest BCUT2D eigenvalue weighted by atomic mass is 28.4. The fourth-order valence-electron chi connectivity index (χ4n) is 5.89. The van der Waals surface area contributed by atoms with Crippen molar-refractivity contribution in [2.24, 2.45) is 5.92 Å². The molecule has 0 bridgehead atoms. The van der Waals surface area contributed by atoms with E-state index in [1.165, 1.54) is 15.9 Å². The minimum Gasteiger partial charge on any atom is -0.489 e. The van der Waals surface area contributed by atoms with Gasteiger partial charge in [-0.25, -0.2) is 9.97 Å². The molecule has 5 heteroatoms. The smallest absolute Gasteiger partial charge is 0.261 e. The molecule has 1 saturated carbocycles. The van der Waals surface area contributed by atoms with Gasteiger partial charge in [-0.1, -0.05) is 112 Å². The molecular formula is C33H38N2O2Si. The number of nitrogens with zero attached hydrogens (tertiary/aromatic N) is 2. The molecular weight excluding hydrogens is 484 g/mol. The number of rotatable bonds is 9. The maximum absolute atomic E-state index is 7.32. The molecule has 5 rings (SSSR count). The van der Waals surface area contributed by atoms with Gasteiger partial charge in [0.15, 0.2) is 5.75 Å². The topological polar surface area (TPSA) is 44.2 Å². The zero-order valence-electron chi connectivity index (χ0n) is 23.1. The van der Waals surface area contributed by atoms with Gasteiger partial charge in [0.05, 0.1) is 18.5 Å². The zero-order valence-corrected chi connectivity index (χ0v) is 24.1. The SMILES string of the molecule is Cc1ncc(OCC2(c3ccccc3)CC2CO[Si](c2ccccc2)(c2ccccc2)C(C)(C)C)c(C)n1. The van der Waals surface area contributed by atoms with Gasteiger partial charge in [-0.15, -0.1) is 0 Å². The highest BCUT2D eigenvalue weighted by Gasteiger charge is 2.58. The Balaban J connectivity index is 1.46. The molecule has 2 unspecified atom stereocenters. The van der Waals surface area contributed by atoms with E-state index in [0.717, 1.165) is 23.7 Å². The van der Waals surface area contributed by atoms with Gasteiger partial charge in [-0.05, 0) is 47.2 Å². The van der Waals surface area contributed by atoms with Crippen LogP contribution >= 0.6 is 0 Å². The Hall–Kier alpha value is -3.28.